The molecule has 15 rings (SSSR count). The molecule has 2 aliphatic heterocycles. The molecule has 0 spiro atoms. The Labute approximate surface area is 439 Å². The highest BCUT2D eigenvalue weighted by molar-refractivity contribution is 6.24. The van der Waals surface area contributed by atoms with Crippen molar-refractivity contribution in [3.05, 3.63) is 247 Å². The minimum Gasteiger partial charge on any atom is -0.341 e. The van der Waals surface area contributed by atoms with Crippen molar-refractivity contribution in [2.24, 2.45) is 0 Å². The van der Waals surface area contributed by atoms with Gasteiger partial charge in [-0.15, -0.1) is 0 Å². The highest BCUT2D eigenvalue weighted by atomic mass is 15.3. The monoisotopic (exact) mass is 962 g/mol. The van der Waals surface area contributed by atoms with Crippen LogP contribution in [-0.2, 0) is 5.41 Å². The van der Waals surface area contributed by atoms with Gasteiger partial charge in [-0.3, -0.25) is 0 Å². The van der Waals surface area contributed by atoms with Crippen molar-refractivity contribution < 1.29 is 0 Å². The lowest BCUT2D eigenvalue weighted by Crippen LogP contribution is -2.24. The average Bonchev–Trinajstić information content (AvgIpc) is 3.72. The van der Waals surface area contributed by atoms with Crippen LogP contribution in [0.3, 0.4) is 0 Å². The lowest BCUT2D eigenvalue weighted by Gasteiger charge is -2.39. The number of rotatable bonds is 5. The molecule has 0 aromatic heterocycles. The standard InChI is InChI=1S/C71H54N4/c1-71(2)59-25-11-10-24-51(59)52-37-34-48(42-60(52)71)69-53-38-35-50(75-67-32-18-14-28-63(67)73(4)64-29-15-19-33-68(64)75)44-58(53)70(56-41-47-23-9-8-22-46(47)40-55(56)45-20-6-5-7-21-45)54-39-36-49(43-57(54)69)74-65-30-16-12-26-61(65)72(3)62-27-13-17-31-66(62)74/h6,8-44H,5,7H2,1-4H3. The second-order valence-electron chi connectivity index (χ2n) is 21.3. The van der Waals surface area contributed by atoms with E-state index in [0.29, 0.717) is 0 Å². The van der Waals surface area contributed by atoms with Crippen molar-refractivity contribution in [1.29, 1.82) is 0 Å². The first-order chi connectivity index (χ1) is 36.8. The molecule has 0 atom stereocenters. The SMILES string of the molecule is CN1c2ccccc2N(c2ccc3c(-c4cc5ccccc5cc4C4=CCCC=C4)c4cc(N5c6ccccc6N(C)c6ccccc65)ccc4c(-c4ccc5c(c4)C(C)(C)c4ccccc4-5)c3c2)c2ccccc21. The largest absolute Gasteiger partial charge is 0.341 e. The Morgan fingerprint density at radius 1 is 0.360 bits per heavy atom. The number of hydrogen-bond acceptors (Lipinski definition) is 4. The smallest absolute Gasteiger partial charge is 0.0699 e. The molecule has 358 valence electrons. The van der Waals surface area contributed by atoms with E-state index in [1.54, 1.807) is 0 Å². The molecular formula is C71H54N4. The van der Waals surface area contributed by atoms with Gasteiger partial charge in [0.25, 0.3) is 0 Å². The van der Waals surface area contributed by atoms with E-state index < -0.39 is 0 Å². The van der Waals surface area contributed by atoms with Crippen molar-refractivity contribution in [1.82, 2.24) is 0 Å². The number of nitrogens with zero attached hydrogens (tertiary/aromatic N) is 4. The lowest BCUT2D eigenvalue weighted by molar-refractivity contribution is 0.660. The Hall–Kier alpha value is -9.12. The van der Waals surface area contributed by atoms with Gasteiger partial charge in [0.15, 0.2) is 0 Å². The normalized spacial score (nSPS) is 14.9. The third kappa shape index (κ3) is 6.42. The van der Waals surface area contributed by atoms with Gasteiger partial charge < -0.3 is 19.6 Å². The van der Waals surface area contributed by atoms with E-state index in [1.807, 2.05) is 0 Å². The van der Waals surface area contributed by atoms with Gasteiger partial charge in [-0.1, -0.05) is 153 Å². The van der Waals surface area contributed by atoms with Crippen LogP contribution in [0.15, 0.2) is 231 Å². The summed E-state index contributed by atoms with van der Waals surface area (Å²) in [6.45, 7) is 4.80. The zero-order valence-electron chi connectivity index (χ0n) is 42.6. The van der Waals surface area contributed by atoms with Crippen LogP contribution in [0, 0.1) is 0 Å². The molecule has 75 heavy (non-hydrogen) atoms. The molecule has 11 aromatic carbocycles. The molecule has 0 radical (unpaired) electrons. The fraction of sp³-hybridized carbons (Fsp3) is 0.0986. The van der Waals surface area contributed by atoms with Gasteiger partial charge in [0.05, 0.1) is 45.5 Å². The van der Waals surface area contributed by atoms with Gasteiger partial charge >= 0.3 is 0 Å². The van der Waals surface area contributed by atoms with E-state index in [-0.39, 0.29) is 5.41 Å². The molecule has 11 aromatic rings. The lowest BCUT2D eigenvalue weighted by atomic mass is 9.79. The molecule has 0 bridgehead atoms. The highest BCUT2D eigenvalue weighted by Crippen LogP contribution is 2.57. The van der Waals surface area contributed by atoms with Gasteiger partial charge in [-0.2, -0.15) is 0 Å². The molecule has 0 fully saturated rings. The quantitative estimate of drug-likeness (QED) is 0.159. The first kappa shape index (κ1) is 43.5. The maximum Gasteiger partial charge on any atom is 0.0699 e. The van der Waals surface area contributed by atoms with Gasteiger partial charge in [-0.25, -0.2) is 0 Å². The maximum atomic E-state index is 2.52. The highest BCUT2D eigenvalue weighted by Gasteiger charge is 2.36. The van der Waals surface area contributed by atoms with Crippen LogP contribution in [0.25, 0.3) is 71.3 Å². The summed E-state index contributed by atoms with van der Waals surface area (Å²) in [6, 6.07) is 80.1. The summed E-state index contributed by atoms with van der Waals surface area (Å²) in [5, 5.41) is 7.33. The van der Waals surface area contributed by atoms with Gasteiger partial charge in [-0.05, 0) is 192 Å². The molecule has 2 aliphatic carbocycles. The van der Waals surface area contributed by atoms with Crippen LogP contribution < -0.4 is 19.6 Å². The van der Waals surface area contributed by atoms with E-state index in [0.717, 1.165) is 47.0 Å². The fourth-order valence-electron chi connectivity index (χ4n) is 13.3. The predicted octanol–water partition coefficient (Wildman–Crippen LogP) is 19.6. The Morgan fingerprint density at radius 2 is 0.827 bits per heavy atom. The molecule has 0 saturated carbocycles. The first-order valence-electron chi connectivity index (χ1n) is 26.4. The van der Waals surface area contributed by atoms with E-state index >= 15 is 0 Å². The molecule has 4 nitrogen and oxygen atoms in total. The molecule has 0 unspecified atom stereocenters. The van der Waals surface area contributed by atoms with Crippen molar-refractivity contribution in [2.45, 2.75) is 32.1 Å². The zero-order chi connectivity index (χ0) is 50.1. The number of hydrogen-bond donors (Lipinski definition) is 0. The zero-order valence-corrected chi connectivity index (χ0v) is 42.6. The maximum absolute atomic E-state index is 2.52. The second kappa shape index (κ2) is 16.4. The second-order valence-corrected chi connectivity index (χ2v) is 21.3. The molecule has 4 heteroatoms. The molecule has 0 saturated heterocycles. The van der Waals surface area contributed by atoms with Crippen LogP contribution in [0.4, 0.5) is 56.9 Å². The fourth-order valence-corrected chi connectivity index (χ4v) is 13.3. The Morgan fingerprint density at radius 3 is 1.37 bits per heavy atom. The Balaban J connectivity index is 1.09. The number of anilines is 10. The van der Waals surface area contributed by atoms with Crippen LogP contribution in [0.5, 0.6) is 0 Å². The van der Waals surface area contributed by atoms with Crippen molar-refractivity contribution in [3.63, 3.8) is 0 Å². The summed E-state index contributed by atoms with van der Waals surface area (Å²) >= 11 is 0. The third-order valence-corrected chi connectivity index (χ3v) is 16.9. The van der Waals surface area contributed by atoms with Crippen molar-refractivity contribution >= 4 is 94.8 Å². The summed E-state index contributed by atoms with van der Waals surface area (Å²) in [7, 11) is 4.37. The van der Waals surface area contributed by atoms with E-state index in [2.05, 4.69) is 278 Å². The molecule has 0 amide bonds. The van der Waals surface area contributed by atoms with Gasteiger partial charge in [0, 0.05) is 30.9 Å². The van der Waals surface area contributed by atoms with E-state index in [1.165, 1.54) is 111 Å². The number of fused-ring (bicyclic) bond motifs is 10. The predicted molar refractivity (Wildman–Crippen MR) is 319 cm³/mol. The number of para-hydroxylation sites is 8. The van der Waals surface area contributed by atoms with Crippen molar-refractivity contribution in [3.8, 4) is 33.4 Å². The number of allylic oxidation sites excluding steroid dienone is 4. The summed E-state index contributed by atoms with van der Waals surface area (Å²) < 4.78 is 0. The van der Waals surface area contributed by atoms with E-state index in [4.69, 9.17) is 0 Å². The van der Waals surface area contributed by atoms with Crippen LogP contribution in [-0.4, -0.2) is 14.1 Å². The summed E-state index contributed by atoms with van der Waals surface area (Å²) in [5.74, 6) is 0. The van der Waals surface area contributed by atoms with Crippen molar-refractivity contribution in [2.75, 3.05) is 33.7 Å². The molecular weight excluding hydrogens is 909 g/mol. The van der Waals surface area contributed by atoms with Crippen LogP contribution in [0.1, 0.15) is 43.4 Å². The summed E-state index contributed by atoms with van der Waals surface area (Å²) in [4.78, 5) is 9.61. The Kier molecular flexibility index (Phi) is 9.53. The summed E-state index contributed by atoms with van der Waals surface area (Å²) in [5.41, 5.74) is 24.2. The van der Waals surface area contributed by atoms with Crippen LogP contribution in [0.2, 0.25) is 0 Å². The minimum atomic E-state index is -0.178. The molecule has 4 aliphatic rings. The third-order valence-electron chi connectivity index (χ3n) is 16.9. The summed E-state index contributed by atoms with van der Waals surface area (Å²) in [6.07, 6.45) is 9.21. The van der Waals surface area contributed by atoms with E-state index in [9.17, 15) is 0 Å². The molecule has 0 N–H and O–H groups in total. The number of benzene rings is 11. The Bertz CT molecular complexity index is 4190. The average molecular weight is 963 g/mol. The minimum absolute atomic E-state index is 0.178. The van der Waals surface area contributed by atoms with Crippen LogP contribution >= 0.6 is 0 Å². The van der Waals surface area contributed by atoms with Gasteiger partial charge in [0.2, 0.25) is 0 Å². The topological polar surface area (TPSA) is 13.0 Å². The first-order valence-corrected chi connectivity index (χ1v) is 26.4. The van der Waals surface area contributed by atoms with Gasteiger partial charge in [0.1, 0.15) is 0 Å². The molecule has 2 heterocycles.